The van der Waals surface area contributed by atoms with E-state index in [1.54, 1.807) is 11.6 Å². The Morgan fingerprint density at radius 2 is 2.03 bits per heavy atom. The van der Waals surface area contributed by atoms with Crippen LogP contribution in [0, 0.1) is 0 Å². The van der Waals surface area contributed by atoms with Gasteiger partial charge >= 0.3 is 0 Å². The minimum Gasteiger partial charge on any atom is -0.324 e. The van der Waals surface area contributed by atoms with E-state index in [2.05, 4.69) is 53.1 Å². The van der Waals surface area contributed by atoms with Crippen LogP contribution in [-0.2, 0) is 24.2 Å². The van der Waals surface area contributed by atoms with Gasteiger partial charge in [0.05, 0.1) is 11.0 Å². The van der Waals surface area contributed by atoms with Crippen LogP contribution in [0.15, 0.2) is 78.4 Å². The molecular weight excluding hydrogens is 374 g/mol. The third-order valence-corrected chi connectivity index (χ3v) is 5.33. The average molecular weight is 399 g/mol. The third kappa shape index (κ3) is 4.75. The Bertz CT molecular complexity index is 1120. The van der Waals surface area contributed by atoms with E-state index < -0.39 is 5.91 Å². The molecule has 5 heteroatoms. The van der Waals surface area contributed by atoms with Crippen LogP contribution in [0.3, 0.4) is 0 Å². The van der Waals surface area contributed by atoms with Crippen molar-refractivity contribution in [2.45, 2.75) is 32.2 Å². The maximum absolute atomic E-state index is 11.3. The number of amides is 1. The second-order valence-electron chi connectivity index (χ2n) is 7.45. The molecule has 1 heterocycles. The van der Waals surface area contributed by atoms with E-state index in [0.29, 0.717) is 0 Å². The van der Waals surface area contributed by atoms with E-state index >= 15 is 0 Å². The van der Waals surface area contributed by atoms with Crippen LogP contribution in [0.5, 0.6) is 0 Å². The first-order valence-corrected chi connectivity index (χ1v) is 10.2. The molecule has 3 aromatic rings. The van der Waals surface area contributed by atoms with Crippen LogP contribution < -0.4 is 5.48 Å². The lowest BCUT2D eigenvalue weighted by Crippen LogP contribution is -2.14. The number of benzene rings is 2. The van der Waals surface area contributed by atoms with Crippen LogP contribution >= 0.6 is 0 Å². The van der Waals surface area contributed by atoms with Gasteiger partial charge in [-0.3, -0.25) is 10.0 Å². The molecule has 0 atom stereocenters. The van der Waals surface area contributed by atoms with E-state index in [1.807, 2.05) is 18.2 Å². The van der Waals surface area contributed by atoms with Crippen molar-refractivity contribution in [1.29, 1.82) is 0 Å². The standard InChI is InChI=1S/C25H25N3O2/c29-25(27-30)16-13-20-11-14-23-22(17-20)26-24(15-12-19-7-3-1-4-8-19)28(23)18-21-9-5-2-6-10-21/h1-5,7-9,11,13-14,16-17,30H,6,10,12,15,18H2,(H,27,29)/b16-13+. The summed E-state index contributed by atoms with van der Waals surface area (Å²) >= 11 is 0. The van der Waals surface area contributed by atoms with Gasteiger partial charge in [-0.1, -0.05) is 60.2 Å². The number of imidazole rings is 1. The Labute approximate surface area is 176 Å². The Morgan fingerprint density at radius 3 is 2.80 bits per heavy atom. The lowest BCUT2D eigenvalue weighted by Gasteiger charge is -2.14. The van der Waals surface area contributed by atoms with Gasteiger partial charge in [0.25, 0.3) is 5.91 Å². The molecule has 5 nitrogen and oxygen atoms in total. The fourth-order valence-corrected chi connectivity index (χ4v) is 3.76. The van der Waals surface area contributed by atoms with Crippen LogP contribution in [0.2, 0.25) is 0 Å². The molecule has 1 aliphatic rings. The average Bonchev–Trinajstić information content (AvgIpc) is 3.14. The maximum atomic E-state index is 11.3. The van der Waals surface area contributed by atoms with Gasteiger partial charge in [0, 0.05) is 19.0 Å². The van der Waals surface area contributed by atoms with E-state index in [4.69, 9.17) is 10.2 Å². The minimum absolute atomic E-state index is 0.554. The molecule has 0 bridgehead atoms. The number of carbonyl (C=O) groups excluding carboxylic acids is 1. The minimum atomic E-state index is -0.554. The van der Waals surface area contributed by atoms with Crippen molar-refractivity contribution >= 4 is 23.0 Å². The predicted molar refractivity (Wildman–Crippen MR) is 119 cm³/mol. The zero-order valence-corrected chi connectivity index (χ0v) is 16.8. The fourth-order valence-electron chi connectivity index (χ4n) is 3.76. The normalized spacial score (nSPS) is 13.7. The molecule has 0 fully saturated rings. The highest BCUT2D eigenvalue weighted by Gasteiger charge is 2.13. The number of allylic oxidation sites excluding steroid dienone is 4. The van der Waals surface area contributed by atoms with Crippen molar-refractivity contribution in [3.8, 4) is 0 Å². The number of nitrogens with zero attached hydrogens (tertiary/aromatic N) is 2. The maximum Gasteiger partial charge on any atom is 0.267 e. The van der Waals surface area contributed by atoms with Gasteiger partial charge < -0.3 is 4.57 Å². The molecule has 0 saturated carbocycles. The predicted octanol–water partition coefficient (Wildman–Crippen LogP) is 4.62. The lowest BCUT2D eigenvalue weighted by molar-refractivity contribution is -0.124. The number of nitrogens with one attached hydrogen (secondary N) is 1. The summed E-state index contributed by atoms with van der Waals surface area (Å²) in [4.78, 5) is 16.2. The second kappa shape index (κ2) is 9.37. The van der Waals surface area contributed by atoms with Crippen LogP contribution in [0.1, 0.15) is 29.8 Å². The molecule has 152 valence electrons. The number of hydrogen-bond acceptors (Lipinski definition) is 3. The molecule has 0 unspecified atom stereocenters. The summed E-state index contributed by atoms with van der Waals surface area (Å²) < 4.78 is 2.32. The second-order valence-corrected chi connectivity index (χ2v) is 7.45. The summed E-state index contributed by atoms with van der Waals surface area (Å²) in [5.74, 6) is 0.514. The molecule has 30 heavy (non-hydrogen) atoms. The van der Waals surface area contributed by atoms with Crippen molar-refractivity contribution < 1.29 is 10.0 Å². The largest absolute Gasteiger partial charge is 0.324 e. The van der Waals surface area contributed by atoms with E-state index in [1.165, 1.54) is 17.2 Å². The highest BCUT2D eigenvalue weighted by Crippen LogP contribution is 2.23. The van der Waals surface area contributed by atoms with Gasteiger partial charge in [0.15, 0.2) is 0 Å². The molecule has 0 spiro atoms. The lowest BCUT2D eigenvalue weighted by atomic mass is 10.0. The smallest absolute Gasteiger partial charge is 0.267 e. The molecule has 1 aromatic heterocycles. The topological polar surface area (TPSA) is 67.2 Å². The Balaban J connectivity index is 1.66. The summed E-state index contributed by atoms with van der Waals surface area (Å²) in [6.45, 7) is 0.840. The van der Waals surface area contributed by atoms with Crippen molar-refractivity contribution in [1.82, 2.24) is 15.0 Å². The van der Waals surface area contributed by atoms with E-state index in [9.17, 15) is 4.79 Å². The highest BCUT2D eigenvalue weighted by molar-refractivity contribution is 5.91. The number of aryl methyl sites for hydroxylation is 2. The van der Waals surface area contributed by atoms with Gasteiger partial charge in [-0.25, -0.2) is 10.5 Å². The monoisotopic (exact) mass is 399 g/mol. The number of rotatable bonds is 7. The third-order valence-electron chi connectivity index (χ3n) is 5.33. The first kappa shape index (κ1) is 19.9. The van der Waals surface area contributed by atoms with Crippen LogP contribution in [0.4, 0.5) is 0 Å². The summed E-state index contributed by atoms with van der Waals surface area (Å²) in [6, 6.07) is 16.5. The molecular formula is C25H25N3O2. The van der Waals surface area contributed by atoms with Crippen LogP contribution in [0.25, 0.3) is 17.1 Å². The van der Waals surface area contributed by atoms with Gasteiger partial charge in [0.1, 0.15) is 5.82 Å². The van der Waals surface area contributed by atoms with Gasteiger partial charge in [-0.05, 0) is 48.6 Å². The summed E-state index contributed by atoms with van der Waals surface area (Å²) in [5.41, 5.74) is 7.18. The number of hydrogen-bond donors (Lipinski definition) is 2. The Kier molecular flexibility index (Phi) is 6.20. The number of carbonyl (C=O) groups is 1. The SMILES string of the molecule is O=C(/C=C/c1ccc2c(c1)nc(CCc1ccccc1)n2CC1=CC=CCC1)NO. The van der Waals surface area contributed by atoms with Gasteiger partial charge in [0.2, 0.25) is 0 Å². The summed E-state index contributed by atoms with van der Waals surface area (Å²) in [5, 5.41) is 8.66. The first-order chi connectivity index (χ1) is 14.7. The van der Waals surface area contributed by atoms with Crippen molar-refractivity contribution in [3.05, 3.63) is 95.4 Å². The molecule has 1 amide bonds. The van der Waals surface area contributed by atoms with Gasteiger partial charge in [-0.15, -0.1) is 0 Å². The first-order valence-electron chi connectivity index (χ1n) is 10.2. The van der Waals surface area contributed by atoms with Crippen molar-refractivity contribution in [2.75, 3.05) is 0 Å². The molecule has 0 saturated heterocycles. The highest BCUT2D eigenvalue weighted by atomic mass is 16.5. The molecule has 1 aliphatic carbocycles. The van der Waals surface area contributed by atoms with Gasteiger partial charge in [-0.2, -0.15) is 0 Å². The number of aromatic nitrogens is 2. The number of fused-ring (bicyclic) bond motifs is 1. The Hall–Kier alpha value is -3.44. The molecule has 0 radical (unpaired) electrons. The zero-order chi connectivity index (χ0) is 20.8. The molecule has 2 aromatic carbocycles. The summed E-state index contributed by atoms with van der Waals surface area (Å²) in [7, 11) is 0. The van der Waals surface area contributed by atoms with E-state index in [0.717, 1.165) is 54.6 Å². The Morgan fingerprint density at radius 1 is 1.17 bits per heavy atom. The molecule has 2 N–H and O–H groups in total. The summed E-state index contributed by atoms with van der Waals surface area (Å²) in [6.07, 6.45) is 13.5. The zero-order valence-electron chi connectivity index (χ0n) is 16.8. The quantitative estimate of drug-likeness (QED) is 0.346. The molecule has 0 aliphatic heterocycles. The fraction of sp³-hybridized carbons (Fsp3) is 0.200. The molecule has 4 rings (SSSR count). The van der Waals surface area contributed by atoms with Crippen LogP contribution in [-0.4, -0.2) is 20.7 Å². The van der Waals surface area contributed by atoms with Crippen molar-refractivity contribution in [3.63, 3.8) is 0 Å². The number of hydroxylamine groups is 1. The van der Waals surface area contributed by atoms with E-state index in [-0.39, 0.29) is 0 Å². The van der Waals surface area contributed by atoms with Crippen molar-refractivity contribution in [2.24, 2.45) is 0 Å².